The molecule has 0 saturated heterocycles. The topological polar surface area (TPSA) is 57.6 Å². The van der Waals surface area contributed by atoms with Gasteiger partial charge in [-0.1, -0.05) is 13.8 Å². The molecule has 1 saturated carbocycles. The van der Waals surface area contributed by atoms with Crippen molar-refractivity contribution in [2.24, 2.45) is 11.8 Å². The standard InChI is InChI=1S/C11H19NO3/c1-3-6-12(7-10(13)14)11(15)8(2)9-4-5-9/h8-9H,3-7H2,1-2H3,(H,13,14). The monoisotopic (exact) mass is 213 g/mol. The van der Waals surface area contributed by atoms with Crippen LogP contribution in [0.2, 0.25) is 0 Å². The zero-order valence-electron chi connectivity index (χ0n) is 9.40. The Morgan fingerprint density at radius 1 is 1.47 bits per heavy atom. The molecule has 4 heteroatoms. The van der Waals surface area contributed by atoms with Crippen molar-refractivity contribution >= 4 is 11.9 Å². The van der Waals surface area contributed by atoms with Crippen LogP contribution in [0.25, 0.3) is 0 Å². The predicted octanol–water partition coefficient (Wildman–Crippen LogP) is 1.36. The van der Waals surface area contributed by atoms with Crippen molar-refractivity contribution in [1.82, 2.24) is 4.90 Å². The molecule has 0 radical (unpaired) electrons. The highest BCUT2D eigenvalue weighted by molar-refractivity contribution is 5.83. The van der Waals surface area contributed by atoms with Crippen LogP contribution in [0.15, 0.2) is 0 Å². The quantitative estimate of drug-likeness (QED) is 0.724. The third kappa shape index (κ3) is 3.53. The summed E-state index contributed by atoms with van der Waals surface area (Å²) in [6.45, 7) is 4.24. The van der Waals surface area contributed by atoms with Gasteiger partial charge in [-0.3, -0.25) is 9.59 Å². The summed E-state index contributed by atoms with van der Waals surface area (Å²) in [5.41, 5.74) is 0. The Labute approximate surface area is 90.3 Å². The second-order valence-electron chi connectivity index (χ2n) is 4.28. The molecule has 0 heterocycles. The summed E-state index contributed by atoms with van der Waals surface area (Å²) in [7, 11) is 0. The van der Waals surface area contributed by atoms with Crippen LogP contribution >= 0.6 is 0 Å². The predicted molar refractivity (Wildman–Crippen MR) is 56.4 cm³/mol. The molecule has 1 unspecified atom stereocenters. The third-order valence-corrected chi connectivity index (χ3v) is 2.85. The molecule has 4 nitrogen and oxygen atoms in total. The molecular formula is C11H19NO3. The van der Waals surface area contributed by atoms with Crippen LogP contribution in [0, 0.1) is 11.8 Å². The minimum Gasteiger partial charge on any atom is -0.480 e. The number of carboxylic acids is 1. The van der Waals surface area contributed by atoms with E-state index in [1.165, 1.54) is 4.90 Å². The van der Waals surface area contributed by atoms with E-state index in [9.17, 15) is 9.59 Å². The lowest BCUT2D eigenvalue weighted by molar-refractivity contribution is -0.146. The van der Waals surface area contributed by atoms with E-state index in [0.29, 0.717) is 12.5 Å². The average Bonchev–Trinajstić information content (AvgIpc) is 2.97. The third-order valence-electron chi connectivity index (χ3n) is 2.85. The number of hydrogen-bond acceptors (Lipinski definition) is 2. The van der Waals surface area contributed by atoms with E-state index in [2.05, 4.69) is 0 Å². The first-order valence-electron chi connectivity index (χ1n) is 5.56. The smallest absolute Gasteiger partial charge is 0.323 e. The lowest BCUT2D eigenvalue weighted by atomic mass is 10.0. The molecule has 1 atom stereocenters. The first-order valence-corrected chi connectivity index (χ1v) is 5.56. The largest absolute Gasteiger partial charge is 0.480 e. The highest BCUT2D eigenvalue weighted by Crippen LogP contribution is 2.37. The van der Waals surface area contributed by atoms with Crippen molar-refractivity contribution in [1.29, 1.82) is 0 Å². The Hall–Kier alpha value is -1.06. The van der Waals surface area contributed by atoms with E-state index in [-0.39, 0.29) is 18.4 Å². The van der Waals surface area contributed by atoms with E-state index < -0.39 is 5.97 Å². The Bertz CT molecular complexity index is 248. The number of aliphatic carboxylic acids is 1. The van der Waals surface area contributed by atoms with Gasteiger partial charge in [0.15, 0.2) is 0 Å². The lowest BCUT2D eigenvalue weighted by Gasteiger charge is -2.23. The van der Waals surface area contributed by atoms with E-state index in [1.54, 1.807) is 0 Å². The summed E-state index contributed by atoms with van der Waals surface area (Å²) in [5, 5.41) is 8.70. The van der Waals surface area contributed by atoms with Crippen LogP contribution in [0.5, 0.6) is 0 Å². The Balaban J connectivity index is 2.52. The van der Waals surface area contributed by atoms with Gasteiger partial charge in [0.05, 0.1) is 0 Å². The Kier molecular flexibility index (Phi) is 4.12. The lowest BCUT2D eigenvalue weighted by Crippen LogP contribution is -2.40. The summed E-state index contributed by atoms with van der Waals surface area (Å²) < 4.78 is 0. The van der Waals surface area contributed by atoms with Gasteiger partial charge in [-0.2, -0.15) is 0 Å². The molecule has 0 aromatic rings. The van der Waals surface area contributed by atoms with Crippen molar-refractivity contribution < 1.29 is 14.7 Å². The summed E-state index contributed by atoms with van der Waals surface area (Å²) >= 11 is 0. The highest BCUT2D eigenvalue weighted by Gasteiger charge is 2.35. The van der Waals surface area contributed by atoms with Gasteiger partial charge in [0, 0.05) is 12.5 Å². The summed E-state index contributed by atoms with van der Waals surface area (Å²) in [6.07, 6.45) is 3.02. The van der Waals surface area contributed by atoms with Gasteiger partial charge in [-0.25, -0.2) is 0 Å². The molecule has 0 aromatic carbocycles. The molecular weight excluding hydrogens is 194 g/mol. The molecule has 0 aliphatic heterocycles. The second-order valence-corrected chi connectivity index (χ2v) is 4.28. The van der Waals surface area contributed by atoms with Crippen LogP contribution in [-0.4, -0.2) is 35.0 Å². The van der Waals surface area contributed by atoms with Gasteiger partial charge >= 0.3 is 5.97 Å². The second kappa shape index (κ2) is 5.14. The first kappa shape index (κ1) is 12.0. The van der Waals surface area contributed by atoms with Crippen LogP contribution in [-0.2, 0) is 9.59 Å². The summed E-state index contributed by atoms with van der Waals surface area (Å²) in [4.78, 5) is 24.0. The summed E-state index contributed by atoms with van der Waals surface area (Å²) in [5.74, 6) is -0.442. The van der Waals surface area contributed by atoms with Gasteiger partial charge < -0.3 is 10.0 Å². The van der Waals surface area contributed by atoms with Gasteiger partial charge in [0.1, 0.15) is 6.54 Å². The van der Waals surface area contributed by atoms with Gasteiger partial charge in [-0.05, 0) is 25.2 Å². The zero-order chi connectivity index (χ0) is 11.4. The van der Waals surface area contributed by atoms with Crippen LogP contribution < -0.4 is 0 Å². The van der Waals surface area contributed by atoms with E-state index in [0.717, 1.165) is 19.3 Å². The fraction of sp³-hybridized carbons (Fsp3) is 0.818. The molecule has 1 rings (SSSR count). The van der Waals surface area contributed by atoms with Crippen LogP contribution in [0.4, 0.5) is 0 Å². The van der Waals surface area contributed by atoms with Crippen LogP contribution in [0.1, 0.15) is 33.1 Å². The average molecular weight is 213 g/mol. The molecule has 1 N–H and O–H groups in total. The van der Waals surface area contributed by atoms with E-state index in [4.69, 9.17) is 5.11 Å². The maximum atomic E-state index is 11.9. The SMILES string of the molecule is CCCN(CC(=O)O)C(=O)C(C)C1CC1. The van der Waals surface area contributed by atoms with Crippen molar-refractivity contribution in [2.75, 3.05) is 13.1 Å². The normalized spacial score (nSPS) is 17.2. The first-order chi connectivity index (χ1) is 7.06. The molecule has 1 fully saturated rings. The molecule has 1 aliphatic carbocycles. The number of carbonyl (C=O) groups excluding carboxylic acids is 1. The number of nitrogens with zero attached hydrogens (tertiary/aromatic N) is 1. The number of hydrogen-bond donors (Lipinski definition) is 1. The Morgan fingerprint density at radius 2 is 2.07 bits per heavy atom. The maximum Gasteiger partial charge on any atom is 0.323 e. The van der Waals surface area contributed by atoms with Crippen molar-refractivity contribution in [3.8, 4) is 0 Å². The minimum absolute atomic E-state index is 0.00162. The van der Waals surface area contributed by atoms with E-state index in [1.807, 2.05) is 13.8 Å². The molecule has 1 aliphatic rings. The molecule has 0 spiro atoms. The zero-order valence-corrected chi connectivity index (χ0v) is 9.40. The number of carboxylic acid groups (broad SMARTS) is 1. The van der Waals surface area contributed by atoms with Gasteiger partial charge in [0.2, 0.25) is 5.91 Å². The van der Waals surface area contributed by atoms with Crippen molar-refractivity contribution in [3.63, 3.8) is 0 Å². The molecule has 86 valence electrons. The number of amides is 1. The number of rotatable bonds is 6. The van der Waals surface area contributed by atoms with Gasteiger partial charge in [0.25, 0.3) is 0 Å². The molecule has 1 amide bonds. The fourth-order valence-corrected chi connectivity index (χ4v) is 1.79. The molecule has 0 bridgehead atoms. The Morgan fingerprint density at radius 3 is 2.47 bits per heavy atom. The minimum atomic E-state index is -0.931. The summed E-state index contributed by atoms with van der Waals surface area (Å²) in [6, 6.07) is 0. The van der Waals surface area contributed by atoms with Crippen LogP contribution in [0.3, 0.4) is 0 Å². The van der Waals surface area contributed by atoms with E-state index >= 15 is 0 Å². The number of carbonyl (C=O) groups is 2. The molecule has 15 heavy (non-hydrogen) atoms. The maximum absolute atomic E-state index is 11.9. The molecule has 0 aromatic heterocycles. The van der Waals surface area contributed by atoms with Gasteiger partial charge in [-0.15, -0.1) is 0 Å². The van der Waals surface area contributed by atoms with Crippen molar-refractivity contribution in [3.05, 3.63) is 0 Å². The van der Waals surface area contributed by atoms with Crippen molar-refractivity contribution in [2.45, 2.75) is 33.1 Å². The fourth-order valence-electron chi connectivity index (χ4n) is 1.79. The highest BCUT2D eigenvalue weighted by atomic mass is 16.4.